The van der Waals surface area contributed by atoms with Crippen LogP contribution >= 0.6 is 24.8 Å². The first-order chi connectivity index (χ1) is 15.3. The molecule has 0 spiro atoms. The van der Waals surface area contributed by atoms with Crippen molar-refractivity contribution in [3.05, 3.63) is 119 Å². The molecule has 3 aromatic carbocycles. The molecule has 0 amide bonds. The van der Waals surface area contributed by atoms with Crippen LogP contribution in [-0.4, -0.2) is 9.52 Å². The molecular weight excluding hydrogens is 652 g/mol. The second-order valence-electron chi connectivity index (χ2n) is 8.40. The molecule has 1 aliphatic carbocycles. The van der Waals surface area contributed by atoms with Gasteiger partial charge in [0.05, 0.1) is 0 Å². The maximum absolute atomic E-state index is 7.50. The van der Waals surface area contributed by atoms with Crippen LogP contribution < -0.4 is 10.4 Å². The molecule has 4 rings (SSSR count). The molecule has 3 aromatic rings. The Morgan fingerprint density at radius 1 is 0.743 bits per heavy atom. The third-order valence-corrected chi connectivity index (χ3v) is 6.90. The fraction of sp³-hybridized carbons (Fsp3) is 0.267. The smallest absolute Gasteiger partial charge is 0.121 e. The van der Waals surface area contributed by atoms with Gasteiger partial charge in [-0.3, -0.25) is 6.08 Å². The van der Waals surface area contributed by atoms with E-state index in [9.17, 15) is 0 Å². The van der Waals surface area contributed by atoms with E-state index in [1.807, 2.05) is 24.3 Å². The van der Waals surface area contributed by atoms with E-state index in [-0.39, 0.29) is 50.7 Å². The van der Waals surface area contributed by atoms with Gasteiger partial charge in [-0.25, -0.2) is 5.57 Å². The monoisotopic (exact) mass is 689 g/mol. The third kappa shape index (κ3) is 12.4. The summed E-state index contributed by atoms with van der Waals surface area (Å²) in [4.78, 5) is 0. The van der Waals surface area contributed by atoms with E-state index in [1.54, 1.807) is 0 Å². The number of nitrogens with one attached hydrogen (secondary N) is 1. The zero-order valence-corrected chi connectivity index (χ0v) is 27.8. The van der Waals surface area contributed by atoms with Crippen LogP contribution in [0.25, 0.3) is 5.73 Å². The summed E-state index contributed by atoms with van der Waals surface area (Å²) in [6.45, 7) is 12.9. The van der Waals surface area contributed by atoms with Crippen LogP contribution in [0.2, 0.25) is 0 Å². The summed E-state index contributed by atoms with van der Waals surface area (Å²) in [6.07, 6.45) is 3.36. The van der Waals surface area contributed by atoms with Gasteiger partial charge in [0.25, 0.3) is 0 Å². The van der Waals surface area contributed by atoms with Crippen LogP contribution in [0.3, 0.4) is 0 Å². The molecule has 35 heavy (non-hydrogen) atoms. The van der Waals surface area contributed by atoms with Gasteiger partial charge in [0.1, 0.15) is 9.52 Å². The molecule has 1 unspecified atom stereocenters. The summed E-state index contributed by atoms with van der Waals surface area (Å²) in [5.74, 6) is 1.03. The molecule has 2 radical (unpaired) electrons. The summed E-state index contributed by atoms with van der Waals surface area (Å²) in [7, 11) is 0.777. The molecule has 0 aliphatic heterocycles. The van der Waals surface area contributed by atoms with Gasteiger partial charge in [0.2, 0.25) is 0 Å². The van der Waals surface area contributed by atoms with Crippen molar-refractivity contribution in [2.24, 2.45) is 5.92 Å². The zero-order chi connectivity index (χ0) is 23.5. The number of benzene rings is 3. The van der Waals surface area contributed by atoms with Gasteiger partial charge in [-0.05, 0) is 5.92 Å². The maximum Gasteiger partial charge on any atom is 0.121 e. The van der Waals surface area contributed by atoms with E-state index in [4.69, 9.17) is 5.73 Å². The van der Waals surface area contributed by atoms with Gasteiger partial charge >= 0.3 is 0 Å². The van der Waals surface area contributed by atoms with Crippen LogP contribution in [0.4, 0.5) is 5.69 Å². The Morgan fingerprint density at radius 3 is 1.46 bits per heavy atom. The minimum atomic E-state index is 0. The first-order valence-electron chi connectivity index (χ1n) is 11.2. The van der Waals surface area contributed by atoms with E-state index in [0.29, 0.717) is 17.5 Å². The quantitative estimate of drug-likeness (QED) is 0.195. The van der Waals surface area contributed by atoms with Crippen molar-refractivity contribution < 1.29 is 25.8 Å². The second-order valence-corrected chi connectivity index (χ2v) is 9.80. The number of hydrogen-bond acceptors (Lipinski definition) is 0. The molecule has 1 nitrogen and oxygen atoms in total. The Labute approximate surface area is 247 Å². The Bertz CT molecular complexity index is 997. The fourth-order valence-electron chi connectivity index (χ4n) is 3.37. The molecule has 0 heterocycles. The van der Waals surface area contributed by atoms with Crippen molar-refractivity contribution in [1.82, 2.24) is 0 Å². The number of hydrogen-bond donors (Lipinski definition) is 0. The molecule has 1 aliphatic rings. The minimum absolute atomic E-state index is 0. The van der Waals surface area contributed by atoms with Crippen LogP contribution in [-0.2, 0) is 25.8 Å². The van der Waals surface area contributed by atoms with Crippen LogP contribution in [0.15, 0.2) is 102 Å². The normalized spacial score (nSPS) is 13.6. The summed E-state index contributed by atoms with van der Waals surface area (Å²) in [5.41, 5.74) is 13.5. The number of halogens is 2. The Morgan fingerprint density at radius 2 is 1.17 bits per heavy atom. The van der Waals surface area contributed by atoms with Gasteiger partial charge in [-0.1, -0.05) is 141 Å². The number of allylic oxidation sites excluding steroid dienone is 4. The maximum atomic E-state index is 7.50. The molecule has 0 saturated carbocycles. The number of rotatable bonds is 3. The van der Waals surface area contributed by atoms with Gasteiger partial charge in [0, 0.05) is 25.8 Å². The Balaban J connectivity index is 0. The van der Waals surface area contributed by atoms with Crippen molar-refractivity contribution in [1.29, 1.82) is 0 Å². The van der Waals surface area contributed by atoms with Gasteiger partial charge in [0.15, 0.2) is 0 Å². The fourth-order valence-corrected chi connectivity index (χ4v) is 4.42. The molecule has 186 valence electrons. The predicted octanol–water partition coefficient (Wildman–Crippen LogP) is 8.40. The molecule has 1 N–H and O–H groups in total. The van der Waals surface area contributed by atoms with E-state index in [2.05, 4.69) is 108 Å². The van der Waals surface area contributed by atoms with Crippen LogP contribution in [0.1, 0.15) is 53.0 Å². The summed E-state index contributed by atoms with van der Waals surface area (Å²) < 4.78 is 0. The van der Waals surface area contributed by atoms with Gasteiger partial charge < -0.3 is 5.73 Å². The summed E-state index contributed by atoms with van der Waals surface area (Å²) in [6, 6.07) is 28.9. The molecular formula is C30H37Cl2HfNSi-2. The van der Waals surface area contributed by atoms with Crippen molar-refractivity contribution in [3.63, 3.8) is 0 Å². The van der Waals surface area contributed by atoms with Crippen LogP contribution in [0.5, 0.6) is 0 Å². The minimum Gasteiger partial charge on any atom is -0.698 e. The molecule has 0 fully saturated rings. The largest absolute Gasteiger partial charge is 0.698 e. The molecule has 0 bridgehead atoms. The molecule has 0 saturated heterocycles. The average molecular weight is 689 g/mol. The summed E-state index contributed by atoms with van der Waals surface area (Å²) >= 11 is 0. The topological polar surface area (TPSA) is 23.8 Å². The SMILES string of the molecule is CC(C)c1ccccc1[NH-].CC1=[C-]C(C)C(C)=C1C.Cl.Cl.[Hf].c1ccc([Si]c2ccccc2)cc1. The summed E-state index contributed by atoms with van der Waals surface area (Å²) in [5, 5.41) is 2.79. The first-order valence-corrected chi connectivity index (χ1v) is 12.2. The Kier molecular flexibility index (Phi) is 19.2. The van der Waals surface area contributed by atoms with E-state index in [1.165, 1.54) is 27.1 Å². The van der Waals surface area contributed by atoms with Crippen LogP contribution in [0, 0.1) is 12.0 Å². The van der Waals surface area contributed by atoms with E-state index < -0.39 is 0 Å². The Hall–Kier alpha value is -1.39. The average Bonchev–Trinajstić information content (AvgIpc) is 3.01. The second kappa shape index (κ2) is 18.8. The van der Waals surface area contributed by atoms with Crippen molar-refractivity contribution in [3.8, 4) is 0 Å². The first kappa shape index (κ1) is 35.8. The molecule has 1 atom stereocenters. The third-order valence-electron chi connectivity index (χ3n) is 5.66. The predicted molar refractivity (Wildman–Crippen MR) is 157 cm³/mol. The van der Waals surface area contributed by atoms with Gasteiger partial charge in [-0.2, -0.15) is 11.1 Å². The van der Waals surface area contributed by atoms with E-state index >= 15 is 0 Å². The molecule has 5 heteroatoms. The zero-order valence-electron chi connectivity index (χ0n) is 21.6. The van der Waals surface area contributed by atoms with Crippen molar-refractivity contribution in [2.75, 3.05) is 0 Å². The van der Waals surface area contributed by atoms with E-state index in [0.717, 1.165) is 15.1 Å². The van der Waals surface area contributed by atoms with Crippen molar-refractivity contribution in [2.45, 2.75) is 47.5 Å². The molecule has 0 aromatic heterocycles. The van der Waals surface area contributed by atoms with Crippen molar-refractivity contribution >= 4 is 50.4 Å². The standard InChI is InChI=1S/C12H10Si.C9H12N.C9H13.2ClH.Hf/c1-3-7-11(8-4-1)13-12-9-5-2-6-10-12;1-7(2)8-5-3-4-6-9(8)10;1-6-5-7(2)9(4)8(6)3;;;/h1-10H;3-7,10H,1-2H3;6H,1-4H3;2*1H;/q;2*-1;;;. The van der Waals surface area contributed by atoms with Gasteiger partial charge in [-0.15, -0.1) is 37.4 Å².